The van der Waals surface area contributed by atoms with Crippen molar-refractivity contribution in [3.8, 4) is 17.2 Å². The fourth-order valence-corrected chi connectivity index (χ4v) is 3.80. The summed E-state index contributed by atoms with van der Waals surface area (Å²) in [5.74, 6) is -0.841. The highest BCUT2D eigenvalue weighted by Gasteiger charge is 2.19. The highest BCUT2D eigenvalue weighted by Crippen LogP contribution is 2.31. The number of aryl methyl sites for hydroxylation is 1. The standard InChI is InChI=1S/C25H22O8S/c1-17-3-11-21(12-4-17)34(29,30)33-23-14-6-18(15-24(23)31-2)5-13-22(26)19-7-9-20(10-8-19)32-16-25(27)28/h3-15H,16H2,1-2H3,(H,27,28)/b13-5+. The lowest BCUT2D eigenvalue weighted by Crippen LogP contribution is -2.10. The number of hydrogen-bond acceptors (Lipinski definition) is 7. The Bertz CT molecular complexity index is 1310. The Morgan fingerprint density at radius 1 is 0.941 bits per heavy atom. The van der Waals surface area contributed by atoms with Gasteiger partial charge >= 0.3 is 16.1 Å². The molecule has 0 spiro atoms. The number of carbonyl (C=O) groups is 2. The Balaban J connectivity index is 1.72. The average molecular weight is 483 g/mol. The lowest BCUT2D eigenvalue weighted by atomic mass is 10.1. The van der Waals surface area contributed by atoms with Crippen LogP contribution in [0.15, 0.2) is 77.7 Å². The molecular weight excluding hydrogens is 460 g/mol. The summed E-state index contributed by atoms with van der Waals surface area (Å²) in [5.41, 5.74) is 1.89. The minimum Gasteiger partial charge on any atom is -0.493 e. The Labute approximate surface area is 197 Å². The first kappa shape index (κ1) is 24.5. The quantitative estimate of drug-likeness (QED) is 0.260. The van der Waals surface area contributed by atoms with Crippen molar-refractivity contribution in [1.29, 1.82) is 0 Å². The molecule has 0 bridgehead atoms. The van der Waals surface area contributed by atoms with Gasteiger partial charge in [0.15, 0.2) is 23.9 Å². The van der Waals surface area contributed by atoms with Gasteiger partial charge in [-0.1, -0.05) is 29.8 Å². The Morgan fingerprint density at radius 3 is 2.24 bits per heavy atom. The van der Waals surface area contributed by atoms with Crippen LogP contribution in [0.2, 0.25) is 0 Å². The van der Waals surface area contributed by atoms with E-state index in [1.807, 2.05) is 6.92 Å². The van der Waals surface area contributed by atoms with Crippen LogP contribution in [-0.2, 0) is 14.9 Å². The van der Waals surface area contributed by atoms with Crippen LogP contribution in [-0.4, -0.2) is 39.0 Å². The fourth-order valence-electron chi connectivity index (χ4n) is 2.86. The van der Waals surface area contributed by atoms with Crippen LogP contribution in [0.1, 0.15) is 21.5 Å². The van der Waals surface area contributed by atoms with Gasteiger partial charge in [0, 0.05) is 5.56 Å². The number of allylic oxidation sites excluding steroid dienone is 1. The smallest absolute Gasteiger partial charge is 0.341 e. The molecule has 0 aromatic heterocycles. The highest BCUT2D eigenvalue weighted by atomic mass is 32.2. The van der Waals surface area contributed by atoms with E-state index in [9.17, 15) is 18.0 Å². The van der Waals surface area contributed by atoms with Crippen LogP contribution >= 0.6 is 0 Å². The van der Waals surface area contributed by atoms with Crippen molar-refractivity contribution in [2.24, 2.45) is 0 Å². The summed E-state index contributed by atoms with van der Waals surface area (Å²) in [6, 6.07) is 16.9. The molecule has 3 aromatic carbocycles. The van der Waals surface area contributed by atoms with Gasteiger partial charge < -0.3 is 18.8 Å². The van der Waals surface area contributed by atoms with Gasteiger partial charge in [-0.15, -0.1) is 0 Å². The van der Waals surface area contributed by atoms with Gasteiger partial charge in [-0.3, -0.25) is 4.79 Å². The zero-order valence-corrected chi connectivity index (χ0v) is 19.2. The summed E-state index contributed by atoms with van der Waals surface area (Å²) in [6.45, 7) is 1.38. The molecule has 0 amide bonds. The minimum atomic E-state index is -4.04. The van der Waals surface area contributed by atoms with Crippen molar-refractivity contribution in [3.63, 3.8) is 0 Å². The molecule has 0 fully saturated rings. The van der Waals surface area contributed by atoms with E-state index in [0.29, 0.717) is 16.9 Å². The van der Waals surface area contributed by atoms with Crippen LogP contribution in [0.3, 0.4) is 0 Å². The molecule has 0 aliphatic carbocycles. The molecule has 8 nitrogen and oxygen atoms in total. The van der Waals surface area contributed by atoms with E-state index in [-0.39, 0.29) is 22.2 Å². The third-order valence-corrected chi connectivity index (χ3v) is 5.87. The van der Waals surface area contributed by atoms with Crippen molar-refractivity contribution in [3.05, 3.63) is 89.5 Å². The topological polar surface area (TPSA) is 116 Å². The Hall–Kier alpha value is -4.11. The molecule has 0 atom stereocenters. The molecule has 34 heavy (non-hydrogen) atoms. The number of benzene rings is 3. The molecule has 0 aliphatic heterocycles. The maximum atomic E-state index is 12.6. The van der Waals surface area contributed by atoms with E-state index < -0.39 is 22.7 Å². The van der Waals surface area contributed by atoms with Gasteiger partial charge in [0.2, 0.25) is 0 Å². The van der Waals surface area contributed by atoms with Gasteiger partial charge in [-0.2, -0.15) is 8.42 Å². The summed E-state index contributed by atoms with van der Waals surface area (Å²) >= 11 is 0. The predicted molar refractivity (Wildman–Crippen MR) is 125 cm³/mol. The van der Waals surface area contributed by atoms with E-state index in [4.69, 9.17) is 18.8 Å². The second-order valence-corrected chi connectivity index (χ2v) is 8.71. The van der Waals surface area contributed by atoms with Crippen molar-refractivity contribution in [2.75, 3.05) is 13.7 Å². The van der Waals surface area contributed by atoms with E-state index in [2.05, 4.69) is 0 Å². The number of ether oxygens (including phenoxy) is 2. The van der Waals surface area contributed by atoms with Crippen LogP contribution in [0.5, 0.6) is 17.2 Å². The Kier molecular flexibility index (Phi) is 7.70. The molecule has 3 aromatic rings. The molecule has 0 saturated heterocycles. The molecule has 3 rings (SSSR count). The number of carboxylic acids is 1. The van der Waals surface area contributed by atoms with E-state index in [0.717, 1.165) is 5.56 Å². The second kappa shape index (κ2) is 10.7. The first-order valence-electron chi connectivity index (χ1n) is 10.0. The largest absolute Gasteiger partial charge is 0.493 e. The number of rotatable bonds is 10. The summed E-state index contributed by atoms with van der Waals surface area (Å²) < 4.78 is 40.7. The molecule has 9 heteroatoms. The van der Waals surface area contributed by atoms with Crippen molar-refractivity contribution >= 4 is 27.9 Å². The number of methoxy groups -OCH3 is 1. The number of hydrogen-bond donors (Lipinski definition) is 1. The molecule has 0 aliphatic rings. The van der Waals surface area contributed by atoms with E-state index in [1.54, 1.807) is 30.3 Å². The SMILES string of the molecule is COc1cc(/C=C/C(=O)c2ccc(OCC(=O)O)cc2)ccc1OS(=O)(=O)c1ccc(C)cc1. The summed E-state index contributed by atoms with van der Waals surface area (Å²) in [6.07, 6.45) is 2.91. The number of ketones is 1. The maximum Gasteiger partial charge on any atom is 0.341 e. The molecule has 0 radical (unpaired) electrons. The van der Waals surface area contributed by atoms with Crippen LogP contribution in [0.4, 0.5) is 0 Å². The van der Waals surface area contributed by atoms with Gasteiger partial charge in [0.25, 0.3) is 0 Å². The molecule has 0 unspecified atom stereocenters. The molecular formula is C25H22O8S. The minimum absolute atomic E-state index is 0.0171. The van der Waals surface area contributed by atoms with Gasteiger partial charge in [0.1, 0.15) is 10.6 Å². The van der Waals surface area contributed by atoms with Crippen molar-refractivity contribution < 1.29 is 36.8 Å². The van der Waals surface area contributed by atoms with Crippen molar-refractivity contribution in [2.45, 2.75) is 11.8 Å². The molecule has 1 N–H and O–H groups in total. The summed E-state index contributed by atoms with van der Waals surface area (Å²) in [5, 5.41) is 8.63. The number of carbonyl (C=O) groups excluding carboxylic acids is 1. The first-order valence-corrected chi connectivity index (χ1v) is 11.4. The van der Waals surface area contributed by atoms with Gasteiger partial charge in [0.05, 0.1) is 7.11 Å². The third kappa shape index (κ3) is 6.46. The first-order chi connectivity index (χ1) is 16.2. The molecule has 0 heterocycles. The van der Waals surface area contributed by atoms with Crippen LogP contribution < -0.4 is 13.7 Å². The predicted octanol–water partition coefficient (Wildman–Crippen LogP) is 4.13. The highest BCUT2D eigenvalue weighted by molar-refractivity contribution is 7.87. The lowest BCUT2D eigenvalue weighted by molar-refractivity contribution is -0.139. The maximum absolute atomic E-state index is 12.6. The monoisotopic (exact) mass is 482 g/mol. The third-order valence-electron chi connectivity index (χ3n) is 4.63. The van der Waals surface area contributed by atoms with E-state index in [1.165, 1.54) is 55.7 Å². The van der Waals surface area contributed by atoms with Gasteiger partial charge in [-0.05, 0) is 67.1 Å². The zero-order valence-electron chi connectivity index (χ0n) is 18.4. The summed E-state index contributed by atoms with van der Waals surface area (Å²) in [7, 11) is -2.66. The molecule has 176 valence electrons. The molecule has 0 saturated carbocycles. The van der Waals surface area contributed by atoms with Crippen LogP contribution in [0, 0.1) is 6.92 Å². The lowest BCUT2D eigenvalue weighted by Gasteiger charge is -2.11. The fraction of sp³-hybridized carbons (Fsp3) is 0.120. The number of aliphatic carboxylic acids is 1. The number of carboxylic acid groups (broad SMARTS) is 1. The van der Waals surface area contributed by atoms with Gasteiger partial charge in [-0.25, -0.2) is 4.79 Å². The zero-order chi connectivity index (χ0) is 24.7. The average Bonchev–Trinajstić information content (AvgIpc) is 2.82. The second-order valence-electron chi connectivity index (χ2n) is 7.17. The summed E-state index contributed by atoms with van der Waals surface area (Å²) in [4.78, 5) is 23.0. The Morgan fingerprint density at radius 2 is 1.62 bits per heavy atom. The van der Waals surface area contributed by atoms with E-state index >= 15 is 0 Å². The normalized spacial score (nSPS) is 11.2. The van der Waals surface area contributed by atoms with Crippen LogP contribution in [0.25, 0.3) is 6.08 Å². The van der Waals surface area contributed by atoms with Crippen molar-refractivity contribution in [1.82, 2.24) is 0 Å².